The van der Waals surface area contributed by atoms with Crippen molar-refractivity contribution in [2.75, 3.05) is 20.3 Å². The largest absolute Gasteiger partial charge is 0.493 e. The second-order valence-corrected chi connectivity index (χ2v) is 6.91. The van der Waals surface area contributed by atoms with Crippen molar-refractivity contribution in [1.29, 1.82) is 0 Å². The smallest absolute Gasteiger partial charge is 0.162 e. The minimum absolute atomic E-state index is 0.235. The monoisotopic (exact) mass is 427 g/mol. The summed E-state index contributed by atoms with van der Waals surface area (Å²) in [6, 6.07) is 11.5. The molecule has 0 bridgehead atoms. The molecule has 0 aliphatic heterocycles. The van der Waals surface area contributed by atoms with Gasteiger partial charge in [-0.05, 0) is 54.8 Å². The third-order valence-electron chi connectivity index (χ3n) is 3.72. The minimum Gasteiger partial charge on any atom is -0.493 e. The third-order valence-corrected chi connectivity index (χ3v) is 4.71. The molecule has 6 heteroatoms. The van der Waals surface area contributed by atoms with Gasteiger partial charge in [0.2, 0.25) is 0 Å². The van der Waals surface area contributed by atoms with Crippen LogP contribution in [0.1, 0.15) is 24.0 Å². The van der Waals surface area contributed by atoms with Crippen LogP contribution in [0, 0.1) is 0 Å². The highest BCUT2D eigenvalue weighted by Crippen LogP contribution is 2.34. The molecular formula is C19H23BrClNO3. The van der Waals surface area contributed by atoms with E-state index in [9.17, 15) is 0 Å². The van der Waals surface area contributed by atoms with E-state index >= 15 is 0 Å². The number of halogens is 2. The van der Waals surface area contributed by atoms with Crippen LogP contribution in [0.2, 0.25) is 5.02 Å². The zero-order valence-corrected chi connectivity index (χ0v) is 16.6. The third kappa shape index (κ3) is 6.51. The van der Waals surface area contributed by atoms with E-state index in [1.54, 1.807) is 7.11 Å². The van der Waals surface area contributed by atoms with E-state index in [-0.39, 0.29) is 6.61 Å². The Morgan fingerprint density at radius 3 is 2.56 bits per heavy atom. The van der Waals surface area contributed by atoms with Crippen molar-refractivity contribution in [3.63, 3.8) is 0 Å². The first kappa shape index (κ1) is 20.0. The van der Waals surface area contributed by atoms with Crippen LogP contribution in [0.4, 0.5) is 0 Å². The van der Waals surface area contributed by atoms with Gasteiger partial charge in [0.1, 0.15) is 6.61 Å². The summed E-state index contributed by atoms with van der Waals surface area (Å²) in [7, 11) is 1.64. The van der Waals surface area contributed by atoms with Crippen molar-refractivity contribution in [3.8, 4) is 11.5 Å². The van der Waals surface area contributed by atoms with Gasteiger partial charge < -0.3 is 19.9 Å². The second-order valence-electron chi connectivity index (χ2n) is 5.62. The molecule has 25 heavy (non-hydrogen) atoms. The molecule has 0 spiro atoms. The lowest BCUT2D eigenvalue weighted by Crippen LogP contribution is -2.15. The molecule has 0 aromatic heterocycles. The molecule has 0 saturated carbocycles. The van der Waals surface area contributed by atoms with Crippen LogP contribution < -0.4 is 14.8 Å². The number of rotatable bonds is 10. The van der Waals surface area contributed by atoms with E-state index in [0.29, 0.717) is 23.1 Å². The topological polar surface area (TPSA) is 50.7 Å². The maximum Gasteiger partial charge on any atom is 0.162 e. The van der Waals surface area contributed by atoms with Crippen molar-refractivity contribution >= 4 is 27.5 Å². The van der Waals surface area contributed by atoms with Crippen molar-refractivity contribution in [2.24, 2.45) is 0 Å². The van der Waals surface area contributed by atoms with Crippen molar-refractivity contribution in [2.45, 2.75) is 26.0 Å². The van der Waals surface area contributed by atoms with Gasteiger partial charge in [-0.3, -0.25) is 0 Å². The summed E-state index contributed by atoms with van der Waals surface area (Å²) in [4.78, 5) is 0. The van der Waals surface area contributed by atoms with Gasteiger partial charge >= 0.3 is 0 Å². The zero-order chi connectivity index (χ0) is 18.1. The molecule has 0 aliphatic rings. The maximum atomic E-state index is 8.80. The first-order valence-electron chi connectivity index (χ1n) is 8.19. The number of unbranched alkanes of at least 4 members (excludes halogenated alkanes) is 1. The Kier molecular flexibility index (Phi) is 8.55. The average molecular weight is 429 g/mol. The van der Waals surface area contributed by atoms with E-state index in [4.69, 9.17) is 26.2 Å². The molecule has 0 aliphatic carbocycles. The molecule has 0 saturated heterocycles. The van der Waals surface area contributed by atoms with Gasteiger partial charge in [-0.1, -0.05) is 39.7 Å². The molecular weight excluding hydrogens is 406 g/mol. The number of nitrogens with one attached hydrogen (secondary N) is 1. The number of ether oxygens (including phenoxy) is 2. The first-order valence-corrected chi connectivity index (χ1v) is 9.36. The zero-order valence-electron chi connectivity index (χ0n) is 14.2. The molecule has 4 nitrogen and oxygen atoms in total. The van der Waals surface area contributed by atoms with Crippen molar-refractivity contribution < 1.29 is 14.6 Å². The van der Waals surface area contributed by atoms with Gasteiger partial charge in [0.25, 0.3) is 0 Å². The lowest BCUT2D eigenvalue weighted by Gasteiger charge is -2.14. The van der Waals surface area contributed by atoms with E-state index in [1.165, 1.54) is 0 Å². The molecule has 0 amide bonds. The Morgan fingerprint density at radius 2 is 1.88 bits per heavy atom. The quantitative estimate of drug-likeness (QED) is 0.545. The predicted octanol–water partition coefficient (Wildman–Crippen LogP) is 4.55. The summed E-state index contributed by atoms with van der Waals surface area (Å²) in [5, 5.41) is 12.9. The Hall–Kier alpha value is -1.27. The number of hydrogen-bond acceptors (Lipinski definition) is 4. The average Bonchev–Trinajstić information content (AvgIpc) is 2.62. The molecule has 0 fully saturated rings. The fraction of sp³-hybridized carbons (Fsp3) is 0.368. The Balaban J connectivity index is 1.98. The molecule has 0 heterocycles. The van der Waals surface area contributed by atoms with Gasteiger partial charge in [0.05, 0.1) is 7.11 Å². The maximum absolute atomic E-state index is 8.80. The van der Waals surface area contributed by atoms with Gasteiger partial charge in [-0.2, -0.15) is 0 Å². The van der Waals surface area contributed by atoms with Gasteiger partial charge in [-0.25, -0.2) is 0 Å². The predicted molar refractivity (Wildman–Crippen MR) is 105 cm³/mol. The Labute approximate surface area is 162 Å². The van der Waals surface area contributed by atoms with Crippen LogP contribution >= 0.6 is 27.5 Å². The van der Waals surface area contributed by atoms with Crippen molar-refractivity contribution in [3.05, 3.63) is 57.0 Å². The van der Waals surface area contributed by atoms with Gasteiger partial charge in [0.15, 0.2) is 11.5 Å². The molecule has 0 unspecified atom stereocenters. The summed E-state index contributed by atoms with van der Waals surface area (Å²) in [5.41, 5.74) is 2.14. The minimum atomic E-state index is 0.235. The number of methoxy groups -OCH3 is 1. The van der Waals surface area contributed by atoms with Crippen LogP contribution in [-0.2, 0) is 13.2 Å². The standard InChI is InChI=1S/C19H23BrClNO3/c1-24-18-10-15(12-22-8-2-3-9-23)17(20)11-19(18)25-13-14-4-6-16(21)7-5-14/h4-7,10-11,22-23H,2-3,8-9,12-13H2,1H3. The van der Waals surface area contributed by atoms with Crippen LogP contribution in [0.15, 0.2) is 40.9 Å². The van der Waals surface area contributed by atoms with Crippen LogP contribution in [-0.4, -0.2) is 25.4 Å². The summed E-state index contributed by atoms with van der Waals surface area (Å²) in [5.74, 6) is 1.39. The van der Waals surface area contributed by atoms with Crippen LogP contribution in [0.3, 0.4) is 0 Å². The molecule has 2 aromatic rings. The molecule has 0 atom stereocenters. The first-order chi connectivity index (χ1) is 12.1. The summed E-state index contributed by atoms with van der Waals surface area (Å²) < 4.78 is 12.3. The highest BCUT2D eigenvalue weighted by atomic mass is 79.9. The SMILES string of the molecule is COc1cc(CNCCCCO)c(Br)cc1OCc1ccc(Cl)cc1. The molecule has 2 aromatic carbocycles. The molecule has 136 valence electrons. The van der Waals surface area contributed by atoms with Crippen molar-refractivity contribution in [1.82, 2.24) is 5.32 Å². The molecule has 2 rings (SSSR count). The fourth-order valence-electron chi connectivity index (χ4n) is 2.31. The summed E-state index contributed by atoms with van der Waals surface area (Å²) in [6.45, 7) is 2.27. The molecule has 2 N–H and O–H groups in total. The molecule has 0 radical (unpaired) electrons. The number of aliphatic hydroxyl groups excluding tert-OH is 1. The fourth-order valence-corrected chi connectivity index (χ4v) is 2.90. The van der Waals surface area contributed by atoms with E-state index in [1.807, 2.05) is 36.4 Å². The summed E-state index contributed by atoms with van der Waals surface area (Å²) >= 11 is 9.50. The van der Waals surface area contributed by atoms with Gasteiger partial charge in [0, 0.05) is 22.6 Å². The van der Waals surface area contributed by atoms with E-state index in [0.717, 1.165) is 41.5 Å². The lowest BCUT2D eigenvalue weighted by molar-refractivity contribution is 0.283. The van der Waals surface area contributed by atoms with E-state index < -0.39 is 0 Å². The number of hydrogen-bond donors (Lipinski definition) is 2. The number of aliphatic hydroxyl groups is 1. The Bertz CT molecular complexity index is 664. The van der Waals surface area contributed by atoms with Crippen LogP contribution in [0.5, 0.6) is 11.5 Å². The second kappa shape index (κ2) is 10.7. The number of benzene rings is 2. The van der Waals surface area contributed by atoms with Gasteiger partial charge in [-0.15, -0.1) is 0 Å². The summed E-state index contributed by atoms with van der Waals surface area (Å²) in [6.07, 6.45) is 1.77. The normalized spacial score (nSPS) is 10.7. The van der Waals surface area contributed by atoms with E-state index in [2.05, 4.69) is 21.2 Å². The lowest BCUT2D eigenvalue weighted by atomic mass is 10.2. The highest BCUT2D eigenvalue weighted by Gasteiger charge is 2.10. The Morgan fingerprint density at radius 1 is 1.12 bits per heavy atom. The van der Waals surface area contributed by atoms with Crippen LogP contribution in [0.25, 0.3) is 0 Å². The highest BCUT2D eigenvalue weighted by molar-refractivity contribution is 9.10.